The van der Waals surface area contributed by atoms with Crippen LogP contribution >= 0.6 is 12.2 Å². The minimum atomic E-state index is -0.430. The zero-order chi connectivity index (χ0) is 17.6. The predicted octanol–water partition coefficient (Wildman–Crippen LogP) is 2.89. The molecule has 1 aliphatic heterocycles. The number of hydrogen-bond donors (Lipinski definition) is 1. The van der Waals surface area contributed by atoms with Gasteiger partial charge in [0.15, 0.2) is 5.65 Å². The van der Waals surface area contributed by atoms with E-state index in [1.54, 1.807) is 25.1 Å². The van der Waals surface area contributed by atoms with Crippen LogP contribution in [0, 0.1) is 17.4 Å². The van der Waals surface area contributed by atoms with Crippen molar-refractivity contribution in [2.75, 3.05) is 18.0 Å². The van der Waals surface area contributed by atoms with Gasteiger partial charge in [-0.15, -0.1) is 0 Å². The average molecular weight is 357 g/mol. The van der Waals surface area contributed by atoms with Crippen LogP contribution in [0.1, 0.15) is 18.7 Å². The Morgan fingerprint density at radius 3 is 2.64 bits per heavy atom. The molecule has 6 nitrogen and oxygen atoms in total. The molecule has 3 heterocycles. The molecule has 0 bridgehead atoms. The van der Waals surface area contributed by atoms with Crippen LogP contribution in [0.15, 0.2) is 29.1 Å². The number of halogens is 1. The number of anilines is 1. The third-order valence-electron chi connectivity index (χ3n) is 4.40. The van der Waals surface area contributed by atoms with Gasteiger partial charge in [-0.1, -0.05) is 24.4 Å². The molecule has 128 valence electrons. The summed E-state index contributed by atoms with van der Waals surface area (Å²) < 4.78 is 15.9. The second kappa shape index (κ2) is 6.03. The van der Waals surface area contributed by atoms with E-state index >= 15 is 0 Å². The molecule has 1 saturated heterocycles. The first-order chi connectivity index (χ1) is 12.1. The number of aromatic amines is 1. The van der Waals surface area contributed by atoms with Crippen LogP contribution in [-0.4, -0.2) is 32.6 Å². The van der Waals surface area contributed by atoms with Gasteiger partial charge in [0.2, 0.25) is 5.95 Å². The number of aryl methyl sites for hydroxylation is 1. The standard InChI is InChI=1S/C17H16FN5OS/c1-10-19-14-13(15(24)21-17(20-14)22-8-4-5-9-22)16(25)23(10)12-7-3-2-6-11(12)18/h2-3,6-7H,4-5,8-9H2,1H3,(H,20,21,24). The summed E-state index contributed by atoms with van der Waals surface area (Å²) in [5, 5.41) is 0.201. The van der Waals surface area contributed by atoms with Crippen LogP contribution in [0.25, 0.3) is 16.7 Å². The van der Waals surface area contributed by atoms with Crippen molar-refractivity contribution in [1.29, 1.82) is 0 Å². The van der Waals surface area contributed by atoms with E-state index in [4.69, 9.17) is 12.2 Å². The van der Waals surface area contributed by atoms with E-state index in [0.717, 1.165) is 25.9 Å². The Balaban J connectivity index is 1.99. The number of fused-ring (bicyclic) bond motifs is 1. The zero-order valence-corrected chi connectivity index (χ0v) is 14.4. The molecule has 1 aliphatic rings. The Kier molecular flexibility index (Phi) is 3.84. The van der Waals surface area contributed by atoms with Crippen molar-refractivity contribution in [3.63, 3.8) is 0 Å². The van der Waals surface area contributed by atoms with Crippen molar-refractivity contribution in [2.45, 2.75) is 19.8 Å². The van der Waals surface area contributed by atoms with Crippen molar-refractivity contribution in [1.82, 2.24) is 19.5 Å². The largest absolute Gasteiger partial charge is 0.342 e. The molecule has 0 radical (unpaired) electrons. The van der Waals surface area contributed by atoms with Gasteiger partial charge in [0.1, 0.15) is 21.7 Å². The Bertz CT molecular complexity index is 1080. The predicted molar refractivity (Wildman–Crippen MR) is 96.5 cm³/mol. The van der Waals surface area contributed by atoms with Crippen molar-refractivity contribution >= 4 is 29.2 Å². The fourth-order valence-corrected chi connectivity index (χ4v) is 3.60. The Labute approximate surface area is 148 Å². The zero-order valence-electron chi connectivity index (χ0n) is 13.6. The van der Waals surface area contributed by atoms with Crippen LogP contribution in [0.2, 0.25) is 0 Å². The number of rotatable bonds is 2. The summed E-state index contributed by atoms with van der Waals surface area (Å²) in [4.78, 5) is 26.3. The van der Waals surface area contributed by atoms with E-state index in [9.17, 15) is 9.18 Å². The van der Waals surface area contributed by atoms with E-state index < -0.39 is 5.82 Å². The lowest BCUT2D eigenvalue weighted by Crippen LogP contribution is -2.25. The lowest BCUT2D eigenvalue weighted by molar-refractivity contribution is 0.614. The molecule has 0 saturated carbocycles. The highest BCUT2D eigenvalue weighted by Gasteiger charge is 2.19. The van der Waals surface area contributed by atoms with Crippen molar-refractivity contribution in [3.8, 4) is 5.69 Å². The first kappa shape index (κ1) is 15.9. The summed E-state index contributed by atoms with van der Waals surface area (Å²) in [5.41, 5.74) is 0.206. The molecular weight excluding hydrogens is 341 g/mol. The van der Waals surface area contributed by atoms with Gasteiger partial charge in [-0.05, 0) is 31.9 Å². The van der Waals surface area contributed by atoms with E-state index in [1.165, 1.54) is 10.6 Å². The van der Waals surface area contributed by atoms with Crippen molar-refractivity contribution < 1.29 is 4.39 Å². The first-order valence-corrected chi connectivity index (χ1v) is 8.50. The molecule has 1 N–H and O–H groups in total. The summed E-state index contributed by atoms with van der Waals surface area (Å²) in [6, 6.07) is 6.26. The van der Waals surface area contributed by atoms with Crippen LogP contribution in [0.3, 0.4) is 0 Å². The van der Waals surface area contributed by atoms with E-state index in [2.05, 4.69) is 15.0 Å². The molecule has 0 atom stereocenters. The van der Waals surface area contributed by atoms with Gasteiger partial charge >= 0.3 is 0 Å². The molecule has 3 aromatic rings. The number of nitrogens with one attached hydrogen (secondary N) is 1. The van der Waals surface area contributed by atoms with E-state index in [-0.39, 0.29) is 21.3 Å². The fourth-order valence-electron chi connectivity index (χ4n) is 3.18. The van der Waals surface area contributed by atoms with Gasteiger partial charge in [-0.3, -0.25) is 14.3 Å². The van der Waals surface area contributed by atoms with Crippen LogP contribution in [-0.2, 0) is 0 Å². The molecule has 0 amide bonds. The summed E-state index contributed by atoms with van der Waals surface area (Å²) in [5.74, 6) is 0.564. The fraction of sp³-hybridized carbons (Fsp3) is 0.294. The molecule has 1 aromatic carbocycles. The van der Waals surface area contributed by atoms with Gasteiger partial charge < -0.3 is 4.90 Å². The summed E-state index contributed by atoms with van der Waals surface area (Å²) in [7, 11) is 0. The first-order valence-electron chi connectivity index (χ1n) is 8.10. The van der Waals surface area contributed by atoms with Gasteiger partial charge in [-0.25, -0.2) is 9.37 Å². The molecule has 0 spiro atoms. The van der Waals surface area contributed by atoms with Crippen LogP contribution < -0.4 is 10.5 Å². The molecular formula is C17H16FN5OS. The highest BCUT2D eigenvalue weighted by atomic mass is 32.1. The summed E-state index contributed by atoms with van der Waals surface area (Å²) >= 11 is 5.47. The number of para-hydroxylation sites is 1. The van der Waals surface area contributed by atoms with Crippen LogP contribution in [0.5, 0.6) is 0 Å². The quantitative estimate of drug-likeness (QED) is 0.715. The second-order valence-electron chi connectivity index (χ2n) is 6.03. The number of aromatic nitrogens is 4. The van der Waals surface area contributed by atoms with Gasteiger partial charge in [0.05, 0.1) is 5.69 Å². The van der Waals surface area contributed by atoms with Crippen LogP contribution in [0.4, 0.5) is 10.3 Å². The van der Waals surface area contributed by atoms with Gasteiger partial charge in [0, 0.05) is 13.1 Å². The smallest absolute Gasteiger partial charge is 0.264 e. The van der Waals surface area contributed by atoms with E-state index in [1.807, 2.05) is 4.90 Å². The topological polar surface area (TPSA) is 66.8 Å². The Morgan fingerprint density at radius 2 is 1.92 bits per heavy atom. The summed E-state index contributed by atoms with van der Waals surface area (Å²) in [6.07, 6.45) is 2.14. The second-order valence-corrected chi connectivity index (χ2v) is 6.42. The minimum Gasteiger partial charge on any atom is -0.342 e. The molecule has 8 heteroatoms. The molecule has 2 aromatic heterocycles. The average Bonchev–Trinajstić information content (AvgIpc) is 3.10. The maximum absolute atomic E-state index is 14.2. The van der Waals surface area contributed by atoms with Gasteiger partial charge in [-0.2, -0.15) is 4.98 Å². The third-order valence-corrected chi connectivity index (χ3v) is 4.78. The van der Waals surface area contributed by atoms with E-state index in [0.29, 0.717) is 17.4 Å². The number of H-pyrrole nitrogens is 1. The number of hydrogen-bond acceptors (Lipinski definition) is 5. The molecule has 25 heavy (non-hydrogen) atoms. The maximum atomic E-state index is 14.2. The molecule has 0 aliphatic carbocycles. The SMILES string of the molecule is Cc1nc2nc(N3CCCC3)[nH]c(=O)c2c(=S)n1-c1ccccc1F. The maximum Gasteiger partial charge on any atom is 0.264 e. The van der Waals surface area contributed by atoms with Crippen molar-refractivity contribution in [2.24, 2.45) is 0 Å². The van der Waals surface area contributed by atoms with Gasteiger partial charge in [0.25, 0.3) is 5.56 Å². The monoisotopic (exact) mass is 357 g/mol. The molecule has 0 unspecified atom stereocenters. The van der Waals surface area contributed by atoms with Crippen molar-refractivity contribution in [3.05, 3.63) is 50.9 Å². The minimum absolute atomic E-state index is 0.201. The Morgan fingerprint density at radius 1 is 1.20 bits per heavy atom. The highest BCUT2D eigenvalue weighted by Crippen LogP contribution is 2.20. The normalized spacial score (nSPS) is 14.4. The number of nitrogens with zero attached hydrogens (tertiary/aromatic N) is 4. The Hall–Kier alpha value is -2.61. The highest BCUT2D eigenvalue weighted by molar-refractivity contribution is 7.71. The lowest BCUT2D eigenvalue weighted by Gasteiger charge is -2.17. The molecule has 1 fully saturated rings. The number of benzene rings is 1. The molecule has 4 rings (SSSR count). The lowest BCUT2D eigenvalue weighted by atomic mass is 10.3. The summed E-state index contributed by atoms with van der Waals surface area (Å²) in [6.45, 7) is 3.44. The third kappa shape index (κ3) is 2.62.